The largest absolute Gasteiger partial charge is 0.348 e. The van der Waals surface area contributed by atoms with Crippen molar-refractivity contribution in [3.8, 4) is 0 Å². The van der Waals surface area contributed by atoms with Gasteiger partial charge in [0.05, 0.1) is 18.7 Å². The zero-order chi connectivity index (χ0) is 17.8. The van der Waals surface area contributed by atoms with Crippen LogP contribution in [-0.2, 0) is 22.6 Å². The number of carbonyl (C=O) groups is 3. The number of likely N-dealkylation sites (N-methyl/N-ethyl adjacent to an activating group) is 1. The van der Waals surface area contributed by atoms with Crippen molar-refractivity contribution < 1.29 is 14.4 Å². The Morgan fingerprint density at radius 3 is 2.52 bits per heavy atom. The van der Waals surface area contributed by atoms with Crippen LogP contribution in [0.15, 0.2) is 5.38 Å². The van der Waals surface area contributed by atoms with Crippen LogP contribution in [0.25, 0.3) is 0 Å². The molecule has 3 aliphatic rings. The number of rotatable bonds is 6. The lowest BCUT2D eigenvalue weighted by Crippen LogP contribution is -2.51. The summed E-state index contributed by atoms with van der Waals surface area (Å²) in [6.07, 6.45) is 4.31. The Balaban J connectivity index is 1.48. The highest BCUT2D eigenvalue weighted by atomic mass is 32.1. The Morgan fingerprint density at radius 2 is 1.96 bits per heavy atom. The first-order chi connectivity index (χ1) is 11.9. The average molecular weight is 362 g/mol. The van der Waals surface area contributed by atoms with E-state index in [9.17, 15) is 14.4 Å². The topological polar surface area (TPSA) is 82.6 Å². The number of aromatic nitrogens is 1. The molecule has 0 aromatic carbocycles. The predicted molar refractivity (Wildman–Crippen MR) is 91.8 cm³/mol. The molecule has 0 spiro atoms. The van der Waals surface area contributed by atoms with E-state index in [0.717, 1.165) is 25.7 Å². The molecule has 3 fully saturated rings. The summed E-state index contributed by atoms with van der Waals surface area (Å²) in [5.41, 5.74) is 0.00838. The summed E-state index contributed by atoms with van der Waals surface area (Å²) in [5, 5.41) is 5.55. The fraction of sp³-hybridized carbons (Fsp3) is 0.647. The van der Waals surface area contributed by atoms with Gasteiger partial charge >= 0.3 is 6.03 Å². The number of hydrogen-bond donors (Lipinski definition) is 1. The minimum absolute atomic E-state index is 0.0163. The number of carbonyl (C=O) groups excluding carboxylic acids is 3. The van der Waals surface area contributed by atoms with Crippen LogP contribution in [0.3, 0.4) is 0 Å². The molecule has 1 N–H and O–H groups in total. The summed E-state index contributed by atoms with van der Waals surface area (Å²) in [6, 6.07) is -0.303. The van der Waals surface area contributed by atoms with Gasteiger partial charge in [-0.15, -0.1) is 11.3 Å². The van der Waals surface area contributed by atoms with Gasteiger partial charge in [-0.05, 0) is 37.5 Å². The van der Waals surface area contributed by atoms with Crippen LogP contribution in [-0.4, -0.2) is 52.3 Å². The van der Waals surface area contributed by atoms with Crippen LogP contribution < -0.4 is 5.32 Å². The lowest BCUT2D eigenvalue weighted by molar-refractivity contribution is -0.133. The molecule has 2 aliphatic carbocycles. The number of nitrogens with one attached hydrogen (secondary N) is 1. The lowest BCUT2D eigenvalue weighted by Gasteiger charge is -2.26. The number of imide groups is 1. The first-order valence-corrected chi connectivity index (χ1v) is 9.57. The second kappa shape index (κ2) is 5.79. The van der Waals surface area contributed by atoms with Crippen LogP contribution in [0, 0.1) is 11.8 Å². The van der Waals surface area contributed by atoms with Crippen molar-refractivity contribution >= 4 is 29.2 Å². The summed E-state index contributed by atoms with van der Waals surface area (Å²) < 4.78 is 0. The Labute approximate surface area is 150 Å². The number of amides is 4. The molecule has 2 heterocycles. The maximum absolute atomic E-state index is 13.0. The van der Waals surface area contributed by atoms with Crippen molar-refractivity contribution in [2.45, 2.75) is 44.2 Å². The van der Waals surface area contributed by atoms with Crippen LogP contribution in [0.5, 0.6) is 0 Å². The van der Waals surface area contributed by atoms with Gasteiger partial charge in [0.15, 0.2) is 0 Å². The molecule has 0 radical (unpaired) electrons. The maximum atomic E-state index is 13.0. The third kappa shape index (κ3) is 2.82. The van der Waals surface area contributed by atoms with Gasteiger partial charge in [-0.2, -0.15) is 0 Å². The minimum Gasteiger partial charge on any atom is -0.348 e. The van der Waals surface area contributed by atoms with Crippen molar-refractivity contribution in [3.05, 3.63) is 16.1 Å². The van der Waals surface area contributed by atoms with Gasteiger partial charge in [-0.25, -0.2) is 9.78 Å². The van der Waals surface area contributed by atoms with Crippen LogP contribution in [0.4, 0.5) is 4.79 Å². The van der Waals surface area contributed by atoms with E-state index in [1.54, 1.807) is 14.1 Å². The van der Waals surface area contributed by atoms with E-state index in [4.69, 9.17) is 0 Å². The molecule has 7 nitrogen and oxygen atoms in total. The summed E-state index contributed by atoms with van der Waals surface area (Å²) >= 11 is 1.39. The number of nitrogens with zero attached hydrogens (tertiary/aromatic N) is 3. The number of urea groups is 1. The lowest BCUT2D eigenvalue weighted by atomic mass is 9.87. The Hall–Kier alpha value is -1.96. The van der Waals surface area contributed by atoms with Gasteiger partial charge in [0.2, 0.25) is 5.91 Å². The van der Waals surface area contributed by atoms with E-state index >= 15 is 0 Å². The summed E-state index contributed by atoms with van der Waals surface area (Å²) in [5.74, 6) is 0.495. The molecule has 8 heteroatoms. The number of thiazole rings is 1. The third-order valence-corrected chi connectivity index (χ3v) is 6.22. The Kier molecular flexibility index (Phi) is 3.82. The van der Waals surface area contributed by atoms with E-state index in [0.29, 0.717) is 22.5 Å². The van der Waals surface area contributed by atoms with E-state index in [1.165, 1.54) is 21.1 Å². The molecular weight excluding hydrogens is 340 g/mol. The van der Waals surface area contributed by atoms with Crippen LogP contribution in [0.2, 0.25) is 0 Å². The van der Waals surface area contributed by atoms with Gasteiger partial charge < -0.3 is 10.2 Å². The summed E-state index contributed by atoms with van der Waals surface area (Å²) in [4.78, 5) is 44.5. The Bertz CT molecular complexity index is 724. The van der Waals surface area contributed by atoms with Crippen LogP contribution in [0.1, 0.15) is 36.4 Å². The minimum atomic E-state index is -0.656. The normalized spacial score (nSPS) is 22.2. The molecule has 4 amide bonds. The Morgan fingerprint density at radius 1 is 1.32 bits per heavy atom. The van der Waals surface area contributed by atoms with Crippen molar-refractivity contribution in [1.29, 1.82) is 0 Å². The SMILES string of the molecule is CN(C)C(=O)Cc1nc(CN2C(=O)NC(C3CC3)(C3CC3)C2=O)cs1. The first kappa shape index (κ1) is 16.5. The van der Waals surface area contributed by atoms with Crippen LogP contribution >= 0.6 is 11.3 Å². The molecule has 2 saturated carbocycles. The fourth-order valence-corrected chi connectivity index (χ4v) is 4.45. The van der Waals surface area contributed by atoms with Gasteiger partial charge in [0.25, 0.3) is 5.91 Å². The molecule has 4 rings (SSSR count). The predicted octanol–water partition coefficient (Wildman–Crippen LogP) is 1.38. The monoisotopic (exact) mass is 362 g/mol. The number of hydrogen-bond acceptors (Lipinski definition) is 5. The second-order valence-electron chi connectivity index (χ2n) is 7.44. The molecular formula is C17H22N4O3S. The fourth-order valence-electron chi connectivity index (χ4n) is 3.67. The molecule has 25 heavy (non-hydrogen) atoms. The molecule has 1 aromatic heterocycles. The molecule has 1 aliphatic heterocycles. The zero-order valence-corrected chi connectivity index (χ0v) is 15.3. The molecule has 0 unspecified atom stereocenters. The van der Waals surface area contributed by atoms with Gasteiger partial charge in [-0.3, -0.25) is 14.5 Å². The van der Waals surface area contributed by atoms with E-state index in [1.807, 2.05) is 5.38 Å². The molecule has 1 saturated heterocycles. The van der Waals surface area contributed by atoms with Crippen molar-refractivity contribution in [3.63, 3.8) is 0 Å². The third-order valence-electron chi connectivity index (χ3n) is 5.32. The first-order valence-electron chi connectivity index (χ1n) is 8.69. The van der Waals surface area contributed by atoms with Crippen molar-refractivity contribution in [2.75, 3.05) is 14.1 Å². The maximum Gasteiger partial charge on any atom is 0.325 e. The van der Waals surface area contributed by atoms with Gasteiger partial charge in [0, 0.05) is 19.5 Å². The van der Waals surface area contributed by atoms with E-state index in [-0.39, 0.29) is 30.8 Å². The average Bonchev–Trinajstić information content (AvgIpc) is 3.48. The highest BCUT2D eigenvalue weighted by molar-refractivity contribution is 7.09. The van der Waals surface area contributed by atoms with E-state index < -0.39 is 5.54 Å². The highest BCUT2D eigenvalue weighted by Gasteiger charge is 2.65. The zero-order valence-electron chi connectivity index (χ0n) is 14.4. The van der Waals surface area contributed by atoms with Crippen molar-refractivity contribution in [1.82, 2.24) is 20.1 Å². The van der Waals surface area contributed by atoms with Gasteiger partial charge in [-0.1, -0.05) is 0 Å². The van der Waals surface area contributed by atoms with Crippen molar-refractivity contribution in [2.24, 2.45) is 11.8 Å². The molecule has 0 bridgehead atoms. The second-order valence-corrected chi connectivity index (χ2v) is 8.38. The summed E-state index contributed by atoms with van der Waals surface area (Å²) in [7, 11) is 3.42. The highest BCUT2D eigenvalue weighted by Crippen LogP contribution is 2.54. The summed E-state index contributed by atoms with van der Waals surface area (Å²) in [6.45, 7) is 0.179. The standard InChI is InChI=1S/C17H22N4O3S/c1-20(2)14(22)7-13-18-12(9-25-13)8-21-15(23)17(10-3-4-10,11-5-6-11)19-16(21)24/h9-11H,3-8H2,1-2H3,(H,19,24). The molecule has 1 aromatic rings. The van der Waals surface area contributed by atoms with Gasteiger partial charge in [0.1, 0.15) is 10.5 Å². The quantitative estimate of drug-likeness (QED) is 0.775. The molecule has 0 atom stereocenters. The smallest absolute Gasteiger partial charge is 0.325 e. The molecule has 134 valence electrons. The van der Waals surface area contributed by atoms with E-state index in [2.05, 4.69) is 10.3 Å².